The lowest BCUT2D eigenvalue weighted by Gasteiger charge is -2.42. The molecule has 2 heterocycles. The van der Waals surface area contributed by atoms with Gasteiger partial charge in [-0.3, -0.25) is 9.59 Å². The molecule has 420 valence electrons. The Kier molecular flexibility index (Phi) is 40.1. The molecule has 0 bridgehead atoms. The number of carbonyl (C=O) groups excluding carboxylic acids is 2. The van der Waals surface area contributed by atoms with E-state index in [2.05, 4.69) is 50.3 Å². The van der Waals surface area contributed by atoms with Crippen LogP contribution in [0, 0.1) is 0 Å². The Hall–Kier alpha value is -2.28. The van der Waals surface area contributed by atoms with Crippen LogP contribution >= 0.6 is 0 Å². The summed E-state index contributed by atoms with van der Waals surface area (Å²) in [6.45, 7) is 2.57. The van der Waals surface area contributed by atoms with Crippen molar-refractivity contribution in [1.29, 1.82) is 0 Å². The molecule has 0 saturated carbocycles. The second-order valence-electron chi connectivity index (χ2n) is 20.1. The number of esters is 2. The fraction of sp³-hybridized carbons (Fsp3) is 0.860. The average Bonchev–Trinajstić information content (AvgIpc) is 3.37. The van der Waals surface area contributed by atoms with Gasteiger partial charge in [-0.15, -0.1) is 0 Å². The maximum atomic E-state index is 13.0. The largest absolute Gasteiger partial charge is 0.462 e. The highest BCUT2D eigenvalue weighted by Crippen LogP contribution is 2.27. The van der Waals surface area contributed by atoms with E-state index in [4.69, 9.17) is 28.4 Å². The molecule has 11 atom stereocenters. The van der Waals surface area contributed by atoms with E-state index in [0.29, 0.717) is 12.8 Å². The van der Waals surface area contributed by atoms with Crippen molar-refractivity contribution in [2.45, 2.75) is 287 Å². The first-order valence-electron chi connectivity index (χ1n) is 28.6. The van der Waals surface area contributed by atoms with E-state index in [1.165, 1.54) is 116 Å². The number of aliphatic hydroxyl groups is 7. The van der Waals surface area contributed by atoms with Gasteiger partial charge in [0.2, 0.25) is 0 Å². The van der Waals surface area contributed by atoms with Gasteiger partial charge in [0, 0.05) is 12.8 Å². The van der Waals surface area contributed by atoms with Gasteiger partial charge in [-0.25, -0.2) is 0 Å². The quantitative estimate of drug-likeness (QED) is 0.0171. The van der Waals surface area contributed by atoms with E-state index in [1.54, 1.807) is 0 Å². The molecule has 0 aromatic heterocycles. The molecular formula is C57H102O15. The first kappa shape index (κ1) is 65.8. The van der Waals surface area contributed by atoms with Gasteiger partial charge in [-0.05, 0) is 51.4 Å². The predicted octanol–water partition coefficient (Wildman–Crippen LogP) is 9.27. The monoisotopic (exact) mass is 1030 g/mol. The molecule has 15 heteroatoms. The molecule has 0 spiro atoms. The fourth-order valence-corrected chi connectivity index (χ4v) is 8.93. The molecular weight excluding hydrogens is 925 g/mol. The SMILES string of the molecule is CCCCC/C=C/C/C=C/C/C=C/CCCCCCC(=O)O[C@@H](COC(=O)CCCCCCCCCCCCCCCCCCCCC)CO[C@@H]1O[C@H](CO[C@@H]2O[C@H](CO)[C@H](O)C(O)C2O)[C@H](O)C(O)C1O. The first-order chi connectivity index (χ1) is 35.0. The predicted molar refractivity (Wildman–Crippen MR) is 280 cm³/mol. The molecule has 7 N–H and O–H groups in total. The zero-order valence-electron chi connectivity index (χ0n) is 44.7. The fourth-order valence-electron chi connectivity index (χ4n) is 8.93. The van der Waals surface area contributed by atoms with Crippen molar-refractivity contribution in [2.24, 2.45) is 0 Å². The highest BCUT2D eigenvalue weighted by atomic mass is 16.7. The Morgan fingerprint density at radius 2 is 0.833 bits per heavy atom. The third kappa shape index (κ3) is 30.9. The first-order valence-corrected chi connectivity index (χ1v) is 28.6. The lowest BCUT2D eigenvalue weighted by atomic mass is 9.98. The number of hydrogen-bond acceptors (Lipinski definition) is 15. The van der Waals surface area contributed by atoms with E-state index in [9.17, 15) is 45.3 Å². The molecule has 2 saturated heterocycles. The molecule has 0 aromatic carbocycles. The normalized spacial score (nSPS) is 25.2. The van der Waals surface area contributed by atoms with Crippen LogP contribution in [0.4, 0.5) is 0 Å². The number of carbonyl (C=O) groups is 2. The average molecular weight is 1030 g/mol. The van der Waals surface area contributed by atoms with E-state index in [1.807, 2.05) is 0 Å². The molecule has 0 radical (unpaired) electrons. The van der Waals surface area contributed by atoms with Gasteiger partial charge in [-0.1, -0.05) is 192 Å². The van der Waals surface area contributed by atoms with Crippen LogP contribution in [-0.4, -0.2) is 142 Å². The molecule has 4 unspecified atom stereocenters. The third-order valence-electron chi connectivity index (χ3n) is 13.6. The van der Waals surface area contributed by atoms with Crippen molar-refractivity contribution in [3.05, 3.63) is 36.5 Å². The van der Waals surface area contributed by atoms with Crippen LogP contribution in [0.1, 0.15) is 219 Å². The summed E-state index contributed by atoms with van der Waals surface area (Å²) in [5.41, 5.74) is 0. The van der Waals surface area contributed by atoms with Crippen LogP contribution in [0.5, 0.6) is 0 Å². The lowest BCUT2D eigenvalue weighted by molar-refractivity contribution is -0.332. The summed E-state index contributed by atoms with van der Waals surface area (Å²) in [7, 11) is 0. The van der Waals surface area contributed by atoms with Crippen LogP contribution in [-0.2, 0) is 38.0 Å². The number of hydrogen-bond donors (Lipinski definition) is 7. The Morgan fingerprint density at radius 3 is 1.33 bits per heavy atom. The van der Waals surface area contributed by atoms with E-state index in [0.717, 1.165) is 64.2 Å². The maximum Gasteiger partial charge on any atom is 0.306 e. The van der Waals surface area contributed by atoms with E-state index >= 15 is 0 Å². The van der Waals surface area contributed by atoms with Crippen LogP contribution in [0.25, 0.3) is 0 Å². The van der Waals surface area contributed by atoms with Crippen molar-refractivity contribution in [2.75, 3.05) is 26.4 Å². The van der Waals surface area contributed by atoms with Crippen molar-refractivity contribution in [1.82, 2.24) is 0 Å². The second-order valence-corrected chi connectivity index (χ2v) is 20.1. The van der Waals surface area contributed by atoms with Crippen molar-refractivity contribution in [3.8, 4) is 0 Å². The molecule has 0 aliphatic carbocycles. The zero-order chi connectivity index (χ0) is 52.4. The van der Waals surface area contributed by atoms with Gasteiger partial charge in [0.25, 0.3) is 0 Å². The Morgan fingerprint density at radius 1 is 0.444 bits per heavy atom. The van der Waals surface area contributed by atoms with Crippen molar-refractivity contribution >= 4 is 11.9 Å². The maximum absolute atomic E-state index is 13.0. The molecule has 2 aliphatic heterocycles. The molecule has 0 aromatic rings. The summed E-state index contributed by atoms with van der Waals surface area (Å²) in [4.78, 5) is 25.9. The minimum absolute atomic E-state index is 0.141. The number of unbranched alkanes of at least 4 members (excludes halogenated alkanes) is 25. The molecule has 2 fully saturated rings. The van der Waals surface area contributed by atoms with Gasteiger partial charge in [0.05, 0.1) is 19.8 Å². The highest BCUT2D eigenvalue weighted by Gasteiger charge is 2.47. The van der Waals surface area contributed by atoms with Crippen LogP contribution < -0.4 is 0 Å². The molecule has 2 aliphatic rings. The zero-order valence-corrected chi connectivity index (χ0v) is 44.7. The molecule has 0 amide bonds. The van der Waals surface area contributed by atoms with Crippen LogP contribution in [0.3, 0.4) is 0 Å². The molecule has 15 nitrogen and oxygen atoms in total. The second kappa shape index (κ2) is 43.9. The molecule has 2 rings (SSSR count). The summed E-state index contributed by atoms with van der Waals surface area (Å²) in [5, 5.41) is 72.2. The van der Waals surface area contributed by atoms with Gasteiger partial charge < -0.3 is 64.2 Å². The standard InChI is InChI=1S/C57H102O15/c1-3-5-7-9-11-13-15-17-19-21-22-24-25-27-29-31-33-35-37-39-48(59)67-42-45(70-49(60)40-38-36-34-32-30-28-26-23-20-18-16-14-12-10-8-6-4-2)43-68-56-55(66)53(64)51(62)47(72-56)44-69-57-54(65)52(63)50(61)46(41-58)71-57/h12,14,18,20,26,28,45-47,50-58,61-66H,3-11,13,15-17,19,21-25,27,29-44H2,1-2H3/b14-12+,20-18+,28-26+/t45-,46+,47+,50-,51-,52?,53?,54?,55?,56+,57+/m0/s1. The van der Waals surface area contributed by atoms with Gasteiger partial charge in [0.15, 0.2) is 18.7 Å². The molecule has 72 heavy (non-hydrogen) atoms. The number of ether oxygens (including phenoxy) is 6. The summed E-state index contributed by atoms with van der Waals surface area (Å²) in [6.07, 6.45) is 31.6. The van der Waals surface area contributed by atoms with E-state index < -0.39 is 92.7 Å². The number of rotatable bonds is 45. The smallest absolute Gasteiger partial charge is 0.306 e. The van der Waals surface area contributed by atoms with Crippen LogP contribution in [0.15, 0.2) is 36.5 Å². The number of allylic oxidation sites excluding steroid dienone is 6. The minimum atomic E-state index is -1.77. The van der Waals surface area contributed by atoms with Crippen LogP contribution in [0.2, 0.25) is 0 Å². The number of aliphatic hydroxyl groups excluding tert-OH is 7. The van der Waals surface area contributed by atoms with Gasteiger partial charge in [0.1, 0.15) is 55.4 Å². The highest BCUT2D eigenvalue weighted by molar-refractivity contribution is 5.70. The Bertz CT molecular complexity index is 1390. The topological polar surface area (TPSA) is 231 Å². The summed E-state index contributed by atoms with van der Waals surface area (Å²) < 4.78 is 33.7. The lowest BCUT2D eigenvalue weighted by Crippen LogP contribution is -2.61. The van der Waals surface area contributed by atoms with Crippen molar-refractivity contribution < 1.29 is 73.8 Å². The summed E-state index contributed by atoms with van der Waals surface area (Å²) in [5.74, 6) is -0.941. The van der Waals surface area contributed by atoms with Gasteiger partial charge >= 0.3 is 11.9 Å². The summed E-state index contributed by atoms with van der Waals surface area (Å²) >= 11 is 0. The Balaban J connectivity index is 1.77. The third-order valence-corrected chi connectivity index (χ3v) is 13.6. The minimum Gasteiger partial charge on any atom is -0.462 e. The Labute approximate surface area is 434 Å². The van der Waals surface area contributed by atoms with Gasteiger partial charge in [-0.2, -0.15) is 0 Å². The van der Waals surface area contributed by atoms with Crippen molar-refractivity contribution in [3.63, 3.8) is 0 Å². The summed E-state index contributed by atoms with van der Waals surface area (Å²) in [6, 6.07) is 0. The van der Waals surface area contributed by atoms with E-state index in [-0.39, 0.29) is 26.1 Å².